The van der Waals surface area contributed by atoms with Crippen LogP contribution in [0.4, 0.5) is 4.79 Å². The van der Waals surface area contributed by atoms with Crippen LogP contribution in [-0.2, 0) is 19.1 Å². The van der Waals surface area contributed by atoms with Gasteiger partial charge in [0, 0.05) is 36.9 Å². The average Bonchev–Trinajstić information content (AvgIpc) is 2.78. The Kier molecular flexibility index (Phi) is 7.48. The van der Waals surface area contributed by atoms with Crippen LogP contribution in [0.3, 0.4) is 0 Å². The van der Waals surface area contributed by atoms with Crippen LogP contribution in [-0.4, -0.2) is 59.2 Å². The highest BCUT2D eigenvalue weighted by Crippen LogP contribution is 2.53. The van der Waals surface area contributed by atoms with Crippen LogP contribution in [0.5, 0.6) is 5.75 Å². The first-order valence-corrected chi connectivity index (χ1v) is 13.2. The third-order valence-electron chi connectivity index (χ3n) is 7.63. The Balaban J connectivity index is 1.47. The van der Waals surface area contributed by atoms with E-state index in [-0.39, 0.29) is 42.8 Å². The molecule has 0 aliphatic carbocycles. The summed E-state index contributed by atoms with van der Waals surface area (Å²) in [5, 5.41) is 2.66. The third-order valence-corrected chi connectivity index (χ3v) is 7.63. The van der Waals surface area contributed by atoms with Gasteiger partial charge in [-0.05, 0) is 72.4 Å². The van der Waals surface area contributed by atoms with Gasteiger partial charge in [-0.1, -0.05) is 12.1 Å². The number of nitrogens with one attached hydrogen (secondary N) is 1. The standard InChI is InChI=1S/C28H41N3O6/c1-16-7-8-18-22(13-16)36-28(5,6)19-14-17-15-31(12-11-21(17)35-24(18)19)25(33)20(9-10-23(29)32)30-26(34)37-27(2,3)4/h7-8,13,17,19-21,24H,9-12,14-15H2,1-6H3,(H2,29,32)(H,30,34)/t17-,19+,20+,21+,24-/m1/s1. The predicted octanol–water partition coefficient (Wildman–Crippen LogP) is 3.62. The highest BCUT2D eigenvalue weighted by molar-refractivity contribution is 5.86. The fourth-order valence-corrected chi connectivity index (χ4v) is 5.83. The van der Waals surface area contributed by atoms with Crippen LogP contribution < -0.4 is 15.8 Å². The molecule has 1 aromatic carbocycles. The van der Waals surface area contributed by atoms with Crippen molar-refractivity contribution in [3.63, 3.8) is 0 Å². The Morgan fingerprint density at radius 1 is 1.27 bits per heavy atom. The van der Waals surface area contributed by atoms with Crippen LogP contribution in [0, 0.1) is 18.8 Å². The molecule has 0 bridgehead atoms. The van der Waals surface area contributed by atoms with Crippen molar-refractivity contribution >= 4 is 17.9 Å². The zero-order chi connectivity index (χ0) is 27.1. The minimum absolute atomic E-state index is 0.0105. The summed E-state index contributed by atoms with van der Waals surface area (Å²) in [6.45, 7) is 12.6. The maximum absolute atomic E-state index is 13.5. The topological polar surface area (TPSA) is 120 Å². The summed E-state index contributed by atoms with van der Waals surface area (Å²) in [4.78, 5) is 39.2. The van der Waals surface area contributed by atoms with Gasteiger partial charge < -0.3 is 30.2 Å². The van der Waals surface area contributed by atoms with E-state index < -0.39 is 29.2 Å². The van der Waals surface area contributed by atoms with Crippen LogP contribution in [0.25, 0.3) is 0 Å². The fraction of sp³-hybridized carbons (Fsp3) is 0.679. The molecule has 9 heteroatoms. The lowest BCUT2D eigenvalue weighted by Gasteiger charge is -2.53. The molecular formula is C28H41N3O6. The second kappa shape index (κ2) is 10.2. The van der Waals surface area contributed by atoms with Crippen LogP contribution >= 0.6 is 0 Å². The average molecular weight is 516 g/mol. The molecule has 2 fully saturated rings. The summed E-state index contributed by atoms with van der Waals surface area (Å²) >= 11 is 0. The number of fused-ring (bicyclic) bond motifs is 4. The molecule has 3 heterocycles. The molecule has 204 valence electrons. The number of alkyl carbamates (subject to hydrolysis) is 1. The molecule has 0 radical (unpaired) electrons. The summed E-state index contributed by atoms with van der Waals surface area (Å²) in [6, 6.07) is 5.40. The lowest BCUT2D eigenvalue weighted by atomic mass is 9.70. The van der Waals surface area contributed by atoms with Crippen molar-refractivity contribution in [3.05, 3.63) is 29.3 Å². The van der Waals surface area contributed by atoms with E-state index in [1.54, 1.807) is 25.7 Å². The molecule has 2 saturated heterocycles. The Hall–Kier alpha value is -2.81. The van der Waals surface area contributed by atoms with E-state index in [1.165, 1.54) is 0 Å². The Morgan fingerprint density at radius 2 is 2.00 bits per heavy atom. The van der Waals surface area contributed by atoms with Crippen molar-refractivity contribution in [2.45, 2.75) is 96.7 Å². The van der Waals surface area contributed by atoms with Gasteiger partial charge in [-0.3, -0.25) is 9.59 Å². The van der Waals surface area contributed by atoms with Crippen molar-refractivity contribution in [1.82, 2.24) is 10.2 Å². The van der Waals surface area contributed by atoms with Gasteiger partial charge in [-0.2, -0.15) is 0 Å². The number of carbonyl (C=O) groups excluding carboxylic acids is 3. The minimum atomic E-state index is -0.888. The van der Waals surface area contributed by atoms with Crippen molar-refractivity contribution in [1.29, 1.82) is 0 Å². The molecular weight excluding hydrogens is 474 g/mol. The second-order valence-electron chi connectivity index (χ2n) is 12.2. The summed E-state index contributed by atoms with van der Waals surface area (Å²) in [5.74, 6) is 0.427. The van der Waals surface area contributed by atoms with E-state index in [2.05, 4.69) is 44.3 Å². The van der Waals surface area contributed by atoms with Crippen LogP contribution in [0.15, 0.2) is 18.2 Å². The number of primary amides is 1. The van der Waals surface area contributed by atoms with Gasteiger partial charge in [0.1, 0.15) is 23.0 Å². The van der Waals surface area contributed by atoms with E-state index in [0.717, 1.165) is 23.3 Å². The van der Waals surface area contributed by atoms with Crippen molar-refractivity contribution in [2.75, 3.05) is 13.1 Å². The van der Waals surface area contributed by atoms with Crippen LogP contribution in [0.2, 0.25) is 0 Å². The number of hydrogen-bond acceptors (Lipinski definition) is 6. The normalized spacial score (nSPS) is 27.0. The number of nitrogens with two attached hydrogens (primary N) is 1. The smallest absolute Gasteiger partial charge is 0.408 e. The van der Waals surface area contributed by atoms with E-state index >= 15 is 0 Å². The summed E-state index contributed by atoms with van der Waals surface area (Å²) in [7, 11) is 0. The molecule has 1 aromatic rings. The largest absolute Gasteiger partial charge is 0.487 e. The predicted molar refractivity (Wildman–Crippen MR) is 138 cm³/mol. The SMILES string of the molecule is Cc1ccc2c(c1)OC(C)(C)[C@H]1C[C@@H]3CN(C(=O)[C@H](CCC(N)=O)NC(=O)OC(C)(C)C)CC[C@@H]3O[C@H]21. The van der Waals surface area contributed by atoms with Gasteiger partial charge in [0.2, 0.25) is 11.8 Å². The molecule has 3 N–H and O–H groups in total. The maximum atomic E-state index is 13.5. The van der Waals surface area contributed by atoms with E-state index in [9.17, 15) is 14.4 Å². The molecule has 3 aliphatic heterocycles. The molecule has 3 aliphatic rings. The third kappa shape index (κ3) is 6.20. The first-order chi connectivity index (χ1) is 17.2. The number of benzene rings is 1. The first kappa shape index (κ1) is 27.2. The fourth-order valence-electron chi connectivity index (χ4n) is 5.83. The number of piperidine rings is 1. The Morgan fingerprint density at radius 3 is 2.68 bits per heavy atom. The minimum Gasteiger partial charge on any atom is -0.487 e. The lowest BCUT2D eigenvalue weighted by Crippen LogP contribution is -2.58. The highest BCUT2D eigenvalue weighted by Gasteiger charge is 2.51. The van der Waals surface area contributed by atoms with Crippen molar-refractivity contribution in [3.8, 4) is 5.75 Å². The summed E-state index contributed by atoms with van der Waals surface area (Å²) in [5.41, 5.74) is 6.46. The molecule has 9 nitrogen and oxygen atoms in total. The van der Waals surface area contributed by atoms with Crippen LogP contribution in [0.1, 0.15) is 77.5 Å². The lowest BCUT2D eigenvalue weighted by molar-refractivity contribution is -0.189. The number of amides is 3. The summed E-state index contributed by atoms with van der Waals surface area (Å²) < 4.78 is 18.5. The molecule has 0 aromatic heterocycles. The number of likely N-dealkylation sites (tertiary alicyclic amines) is 1. The number of rotatable bonds is 5. The molecule has 4 rings (SSSR count). The number of ether oxygens (including phenoxy) is 3. The van der Waals surface area contributed by atoms with E-state index in [4.69, 9.17) is 19.9 Å². The van der Waals surface area contributed by atoms with Gasteiger partial charge >= 0.3 is 6.09 Å². The molecule has 37 heavy (non-hydrogen) atoms. The van der Waals surface area contributed by atoms with E-state index in [1.807, 2.05) is 0 Å². The monoisotopic (exact) mass is 515 g/mol. The maximum Gasteiger partial charge on any atom is 0.408 e. The van der Waals surface area contributed by atoms with Gasteiger partial charge in [0.25, 0.3) is 0 Å². The zero-order valence-corrected chi connectivity index (χ0v) is 22.8. The number of carbonyl (C=O) groups is 3. The van der Waals surface area contributed by atoms with Gasteiger partial charge in [0.15, 0.2) is 0 Å². The number of hydrogen-bond donors (Lipinski definition) is 2. The molecule has 0 unspecified atom stereocenters. The molecule has 0 saturated carbocycles. The number of aryl methyl sites for hydroxylation is 1. The first-order valence-electron chi connectivity index (χ1n) is 13.2. The quantitative estimate of drug-likeness (QED) is 0.618. The van der Waals surface area contributed by atoms with E-state index in [0.29, 0.717) is 19.5 Å². The second-order valence-corrected chi connectivity index (χ2v) is 12.2. The van der Waals surface area contributed by atoms with Gasteiger partial charge in [0.05, 0.1) is 12.2 Å². The Bertz CT molecular complexity index is 1050. The van der Waals surface area contributed by atoms with Crippen molar-refractivity contribution < 1.29 is 28.6 Å². The molecule has 3 amide bonds. The highest BCUT2D eigenvalue weighted by atomic mass is 16.6. The molecule has 0 spiro atoms. The summed E-state index contributed by atoms with van der Waals surface area (Å²) in [6.07, 6.45) is 0.988. The number of nitrogens with zero attached hydrogens (tertiary/aromatic N) is 1. The molecule has 5 atom stereocenters. The Labute approximate surface area is 219 Å². The van der Waals surface area contributed by atoms with Gasteiger partial charge in [-0.15, -0.1) is 0 Å². The van der Waals surface area contributed by atoms with Crippen molar-refractivity contribution in [2.24, 2.45) is 17.6 Å². The zero-order valence-electron chi connectivity index (χ0n) is 22.8. The van der Waals surface area contributed by atoms with Gasteiger partial charge in [-0.25, -0.2) is 4.79 Å².